The number of aromatic nitrogens is 2. The number of hydrogen-bond acceptors (Lipinski definition) is 8. The smallest absolute Gasteiger partial charge is 0.322 e. The highest BCUT2D eigenvalue weighted by atomic mass is 32.1. The van der Waals surface area contributed by atoms with Gasteiger partial charge in [-0.05, 0) is 19.1 Å². The van der Waals surface area contributed by atoms with E-state index in [1.54, 1.807) is 50.3 Å². The standard InChI is InChI=1S/C20H21N5O5S/c1-11-8-14(24-30-11)18(26)23-19-22-13-6-7-25(10-17(13)31-19)20(27)21-12-4-5-15(28-2)16(9-12)29-3/h4-5,8-9H,6-7,10H2,1-3H3,(H,21,27)(H,22,23,26). The number of amides is 3. The van der Waals surface area contributed by atoms with Gasteiger partial charge in [0.2, 0.25) is 0 Å². The van der Waals surface area contributed by atoms with Crippen LogP contribution < -0.4 is 20.1 Å². The van der Waals surface area contributed by atoms with Crippen molar-refractivity contribution < 1.29 is 23.6 Å². The number of thiazole rings is 1. The zero-order valence-corrected chi connectivity index (χ0v) is 18.0. The summed E-state index contributed by atoms with van der Waals surface area (Å²) in [4.78, 5) is 32.1. The molecular weight excluding hydrogens is 422 g/mol. The third kappa shape index (κ3) is 4.45. The normalized spacial score (nSPS) is 12.8. The predicted molar refractivity (Wildman–Crippen MR) is 114 cm³/mol. The van der Waals surface area contributed by atoms with Gasteiger partial charge in [0, 0.05) is 35.7 Å². The second kappa shape index (κ2) is 8.64. The molecule has 1 aliphatic rings. The van der Waals surface area contributed by atoms with Crippen molar-refractivity contribution in [2.45, 2.75) is 19.9 Å². The lowest BCUT2D eigenvalue weighted by atomic mass is 10.2. The fraction of sp³-hybridized carbons (Fsp3) is 0.300. The van der Waals surface area contributed by atoms with E-state index in [1.807, 2.05) is 0 Å². The Bertz CT molecular complexity index is 1130. The molecule has 11 heteroatoms. The number of anilines is 2. The summed E-state index contributed by atoms with van der Waals surface area (Å²) in [7, 11) is 3.10. The van der Waals surface area contributed by atoms with E-state index in [1.165, 1.54) is 11.3 Å². The van der Waals surface area contributed by atoms with E-state index in [-0.39, 0.29) is 17.6 Å². The molecule has 4 rings (SSSR count). The van der Waals surface area contributed by atoms with Crippen LogP contribution in [-0.2, 0) is 13.0 Å². The van der Waals surface area contributed by atoms with Gasteiger partial charge < -0.3 is 24.2 Å². The van der Waals surface area contributed by atoms with Crippen molar-refractivity contribution in [2.24, 2.45) is 0 Å². The van der Waals surface area contributed by atoms with Crippen molar-refractivity contribution in [1.29, 1.82) is 0 Å². The van der Waals surface area contributed by atoms with Gasteiger partial charge in [0.05, 0.1) is 26.5 Å². The number of methoxy groups -OCH3 is 2. The summed E-state index contributed by atoms with van der Waals surface area (Å²) in [6, 6.07) is 6.52. The van der Waals surface area contributed by atoms with E-state index < -0.39 is 0 Å². The van der Waals surface area contributed by atoms with Gasteiger partial charge in [-0.1, -0.05) is 16.5 Å². The largest absolute Gasteiger partial charge is 0.493 e. The third-order valence-electron chi connectivity index (χ3n) is 4.73. The Morgan fingerprint density at radius 2 is 1.97 bits per heavy atom. The molecular formula is C20H21N5O5S. The first-order chi connectivity index (χ1) is 15.0. The minimum Gasteiger partial charge on any atom is -0.493 e. The SMILES string of the molecule is COc1ccc(NC(=O)N2CCc3nc(NC(=O)c4cc(C)on4)sc3C2)cc1OC. The summed E-state index contributed by atoms with van der Waals surface area (Å²) in [5.41, 5.74) is 1.68. The molecule has 0 atom stereocenters. The lowest BCUT2D eigenvalue weighted by Crippen LogP contribution is -2.38. The summed E-state index contributed by atoms with van der Waals surface area (Å²) < 4.78 is 15.4. The molecule has 0 saturated heterocycles. The molecule has 0 radical (unpaired) electrons. The number of hydrogen-bond donors (Lipinski definition) is 2. The van der Waals surface area contributed by atoms with Crippen LogP contribution >= 0.6 is 11.3 Å². The highest BCUT2D eigenvalue weighted by molar-refractivity contribution is 7.15. The van der Waals surface area contributed by atoms with Crippen LogP contribution in [0.25, 0.3) is 0 Å². The summed E-state index contributed by atoms with van der Waals surface area (Å²) in [6.07, 6.45) is 0.601. The highest BCUT2D eigenvalue weighted by Gasteiger charge is 2.25. The summed E-state index contributed by atoms with van der Waals surface area (Å²) >= 11 is 1.34. The topological polar surface area (TPSA) is 119 Å². The van der Waals surface area contributed by atoms with Gasteiger partial charge in [-0.25, -0.2) is 9.78 Å². The first kappa shape index (κ1) is 20.7. The number of ether oxygens (including phenoxy) is 2. The first-order valence-electron chi connectivity index (χ1n) is 9.48. The number of carbonyl (C=O) groups is 2. The quantitative estimate of drug-likeness (QED) is 0.621. The van der Waals surface area contributed by atoms with Gasteiger partial charge in [0.15, 0.2) is 22.3 Å². The molecule has 0 aliphatic carbocycles. The van der Waals surface area contributed by atoms with Crippen LogP contribution in [0.3, 0.4) is 0 Å². The monoisotopic (exact) mass is 443 g/mol. The third-order valence-corrected chi connectivity index (χ3v) is 5.73. The minimum absolute atomic E-state index is 0.196. The average Bonchev–Trinajstić information content (AvgIpc) is 3.38. The fourth-order valence-corrected chi connectivity index (χ4v) is 4.19. The average molecular weight is 443 g/mol. The van der Waals surface area contributed by atoms with Gasteiger partial charge in [-0.15, -0.1) is 0 Å². The molecule has 3 heterocycles. The summed E-state index contributed by atoms with van der Waals surface area (Å²) in [5.74, 6) is 1.29. The molecule has 0 bridgehead atoms. The number of benzene rings is 1. The number of rotatable bonds is 5. The maximum atomic E-state index is 12.7. The number of urea groups is 1. The van der Waals surface area contributed by atoms with Gasteiger partial charge in [-0.2, -0.15) is 0 Å². The molecule has 1 aliphatic heterocycles. The predicted octanol–water partition coefficient (Wildman–Crippen LogP) is 3.30. The molecule has 0 unspecified atom stereocenters. The number of carbonyl (C=O) groups excluding carboxylic acids is 2. The van der Waals surface area contributed by atoms with Crippen LogP contribution in [0.5, 0.6) is 11.5 Å². The fourth-order valence-electron chi connectivity index (χ4n) is 3.17. The first-order valence-corrected chi connectivity index (χ1v) is 10.3. The molecule has 2 aromatic heterocycles. The van der Waals surface area contributed by atoms with Gasteiger partial charge in [-0.3, -0.25) is 10.1 Å². The number of nitrogens with zero attached hydrogens (tertiary/aromatic N) is 3. The lowest BCUT2D eigenvalue weighted by molar-refractivity contribution is 0.101. The van der Waals surface area contributed by atoms with Crippen LogP contribution in [0, 0.1) is 6.92 Å². The molecule has 10 nitrogen and oxygen atoms in total. The number of aryl methyl sites for hydroxylation is 1. The molecule has 1 aromatic carbocycles. The van der Waals surface area contributed by atoms with E-state index in [9.17, 15) is 9.59 Å². The Hall–Kier alpha value is -3.60. The van der Waals surface area contributed by atoms with E-state index in [0.29, 0.717) is 47.6 Å². The van der Waals surface area contributed by atoms with Crippen molar-refractivity contribution in [1.82, 2.24) is 15.0 Å². The molecule has 31 heavy (non-hydrogen) atoms. The maximum Gasteiger partial charge on any atom is 0.322 e. The van der Waals surface area contributed by atoms with Crippen molar-refractivity contribution in [3.63, 3.8) is 0 Å². The van der Waals surface area contributed by atoms with Gasteiger partial charge in [0.1, 0.15) is 5.76 Å². The number of fused-ring (bicyclic) bond motifs is 1. The van der Waals surface area contributed by atoms with Crippen LogP contribution in [0.15, 0.2) is 28.8 Å². The molecule has 0 saturated carbocycles. The summed E-state index contributed by atoms with van der Waals surface area (Å²) in [5, 5.41) is 9.79. The zero-order valence-electron chi connectivity index (χ0n) is 17.2. The molecule has 0 spiro atoms. The van der Waals surface area contributed by atoms with E-state index in [0.717, 1.165) is 10.6 Å². The van der Waals surface area contributed by atoms with Crippen LogP contribution in [0.2, 0.25) is 0 Å². The second-order valence-electron chi connectivity index (χ2n) is 6.84. The maximum absolute atomic E-state index is 12.7. The van der Waals surface area contributed by atoms with Gasteiger partial charge in [0.25, 0.3) is 5.91 Å². The van der Waals surface area contributed by atoms with Gasteiger partial charge >= 0.3 is 6.03 Å². The van der Waals surface area contributed by atoms with E-state index >= 15 is 0 Å². The molecule has 3 amide bonds. The highest BCUT2D eigenvalue weighted by Crippen LogP contribution is 2.31. The molecule has 0 fully saturated rings. The number of nitrogens with one attached hydrogen (secondary N) is 2. The Morgan fingerprint density at radius 3 is 2.68 bits per heavy atom. The minimum atomic E-state index is -0.383. The van der Waals surface area contributed by atoms with E-state index in [4.69, 9.17) is 14.0 Å². The van der Waals surface area contributed by atoms with Crippen molar-refractivity contribution in [3.05, 3.63) is 46.3 Å². The van der Waals surface area contributed by atoms with Crippen LogP contribution in [0.4, 0.5) is 15.6 Å². The van der Waals surface area contributed by atoms with Crippen LogP contribution in [0.1, 0.15) is 26.8 Å². The van der Waals surface area contributed by atoms with Crippen molar-refractivity contribution in [3.8, 4) is 11.5 Å². The molecule has 2 N–H and O–H groups in total. The zero-order chi connectivity index (χ0) is 22.0. The Balaban J connectivity index is 1.40. The van der Waals surface area contributed by atoms with Crippen LogP contribution in [-0.4, -0.2) is 47.7 Å². The van der Waals surface area contributed by atoms with E-state index in [2.05, 4.69) is 20.8 Å². The summed E-state index contributed by atoms with van der Waals surface area (Å²) in [6.45, 7) is 2.64. The Kier molecular flexibility index (Phi) is 5.76. The Labute approximate surface area is 182 Å². The molecule has 3 aromatic rings. The lowest BCUT2D eigenvalue weighted by Gasteiger charge is -2.26. The molecule has 162 valence electrons. The van der Waals surface area contributed by atoms with Crippen molar-refractivity contribution >= 4 is 34.1 Å². The second-order valence-corrected chi connectivity index (χ2v) is 7.92. The Morgan fingerprint density at radius 1 is 1.16 bits per heavy atom. The van der Waals surface area contributed by atoms with Crippen molar-refractivity contribution in [2.75, 3.05) is 31.4 Å².